The summed E-state index contributed by atoms with van der Waals surface area (Å²) < 4.78 is 5.38. The van der Waals surface area contributed by atoms with Crippen molar-refractivity contribution in [2.45, 2.75) is 6.42 Å². The standard InChI is InChI=1S/C14H14N4OS/c1-15-7-6-10-4-2-3-5-11(10)14-17-13(18-19-14)12-8-20-9-16-12/h2-5,8-9,15H,6-7H2,1H3. The van der Waals surface area contributed by atoms with Crippen molar-refractivity contribution in [1.29, 1.82) is 0 Å². The summed E-state index contributed by atoms with van der Waals surface area (Å²) in [5, 5.41) is 9.05. The van der Waals surface area contributed by atoms with Crippen LogP contribution in [0.5, 0.6) is 0 Å². The summed E-state index contributed by atoms with van der Waals surface area (Å²) in [6, 6.07) is 8.08. The lowest BCUT2D eigenvalue weighted by Gasteiger charge is -2.04. The van der Waals surface area contributed by atoms with Gasteiger partial charge in [0, 0.05) is 10.9 Å². The third-order valence-corrected chi connectivity index (χ3v) is 3.57. The van der Waals surface area contributed by atoms with Gasteiger partial charge in [-0.3, -0.25) is 0 Å². The van der Waals surface area contributed by atoms with E-state index < -0.39 is 0 Å². The monoisotopic (exact) mass is 286 g/mol. The van der Waals surface area contributed by atoms with Gasteiger partial charge in [0.1, 0.15) is 5.69 Å². The molecule has 3 rings (SSSR count). The van der Waals surface area contributed by atoms with Crippen LogP contribution in [0.3, 0.4) is 0 Å². The molecule has 2 heterocycles. The van der Waals surface area contributed by atoms with Crippen LogP contribution >= 0.6 is 11.3 Å². The van der Waals surface area contributed by atoms with Crippen molar-refractivity contribution in [2.24, 2.45) is 0 Å². The number of nitrogens with zero attached hydrogens (tertiary/aromatic N) is 3. The Morgan fingerprint density at radius 2 is 2.20 bits per heavy atom. The molecular formula is C14H14N4OS. The minimum Gasteiger partial charge on any atom is -0.334 e. The summed E-state index contributed by atoms with van der Waals surface area (Å²) in [5.41, 5.74) is 4.68. The number of aromatic nitrogens is 3. The average molecular weight is 286 g/mol. The van der Waals surface area contributed by atoms with E-state index in [9.17, 15) is 0 Å². The van der Waals surface area contributed by atoms with Gasteiger partial charge >= 0.3 is 0 Å². The summed E-state index contributed by atoms with van der Waals surface area (Å²) in [6.45, 7) is 0.907. The molecule has 2 aromatic heterocycles. The van der Waals surface area contributed by atoms with E-state index in [2.05, 4.69) is 26.5 Å². The third-order valence-electron chi connectivity index (χ3n) is 2.98. The minimum atomic E-state index is 0.532. The molecule has 0 spiro atoms. The average Bonchev–Trinajstić information content (AvgIpc) is 3.15. The molecule has 0 atom stereocenters. The van der Waals surface area contributed by atoms with Crippen molar-refractivity contribution in [3.8, 4) is 23.0 Å². The number of rotatable bonds is 5. The maximum Gasteiger partial charge on any atom is 0.258 e. The smallest absolute Gasteiger partial charge is 0.258 e. The molecule has 0 aliphatic carbocycles. The zero-order valence-electron chi connectivity index (χ0n) is 11.0. The van der Waals surface area contributed by atoms with Crippen molar-refractivity contribution in [1.82, 2.24) is 20.4 Å². The van der Waals surface area contributed by atoms with Gasteiger partial charge in [0.2, 0.25) is 5.82 Å². The summed E-state index contributed by atoms with van der Waals surface area (Å²) in [5.74, 6) is 1.07. The van der Waals surface area contributed by atoms with Crippen LogP contribution in [0, 0.1) is 0 Å². The van der Waals surface area contributed by atoms with Gasteiger partial charge < -0.3 is 9.84 Å². The van der Waals surface area contributed by atoms with Crippen LogP contribution < -0.4 is 5.32 Å². The SMILES string of the molecule is CNCCc1ccccc1-c1nc(-c2cscn2)no1. The first-order valence-electron chi connectivity index (χ1n) is 6.33. The first-order chi connectivity index (χ1) is 9.88. The van der Waals surface area contributed by atoms with Gasteiger partial charge in [0.15, 0.2) is 0 Å². The molecule has 0 aliphatic rings. The van der Waals surface area contributed by atoms with E-state index in [0.717, 1.165) is 24.2 Å². The van der Waals surface area contributed by atoms with Gasteiger partial charge in [-0.15, -0.1) is 11.3 Å². The second-order valence-corrected chi connectivity index (χ2v) is 5.03. The highest BCUT2D eigenvalue weighted by Gasteiger charge is 2.14. The Hall–Kier alpha value is -2.05. The van der Waals surface area contributed by atoms with Crippen molar-refractivity contribution >= 4 is 11.3 Å². The predicted molar refractivity (Wildman–Crippen MR) is 78.5 cm³/mol. The second kappa shape index (κ2) is 5.94. The summed E-state index contributed by atoms with van der Waals surface area (Å²) in [6.07, 6.45) is 0.918. The van der Waals surface area contributed by atoms with E-state index in [-0.39, 0.29) is 0 Å². The van der Waals surface area contributed by atoms with Crippen LogP contribution in [-0.2, 0) is 6.42 Å². The van der Waals surface area contributed by atoms with E-state index >= 15 is 0 Å². The van der Waals surface area contributed by atoms with Gasteiger partial charge in [-0.2, -0.15) is 4.98 Å². The second-order valence-electron chi connectivity index (χ2n) is 4.31. The Bertz CT molecular complexity index is 678. The quantitative estimate of drug-likeness (QED) is 0.781. The van der Waals surface area contributed by atoms with Crippen LogP contribution in [0.1, 0.15) is 5.56 Å². The molecule has 0 fully saturated rings. The molecule has 20 heavy (non-hydrogen) atoms. The Kier molecular flexibility index (Phi) is 3.85. The number of benzene rings is 1. The number of hydrogen-bond acceptors (Lipinski definition) is 6. The lowest BCUT2D eigenvalue weighted by atomic mass is 10.0. The van der Waals surface area contributed by atoms with Gasteiger partial charge in [0.05, 0.1) is 5.51 Å². The molecule has 0 bridgehead atoms. The van der Waals surface area contributed by atoms with E-state index in [4.69, 9.17) is 4.52 Å². The summed E-state index contributed by atoms with van der Waals surface area (Å²) in [7, 11) is 1.94. The Labute approximate surface area is 120 Å². The van der Waals surface area contributed by atoms with E-state index in [0.29, 0.717) is 11.7 Å². The topological polar surface area (TPSA) is 63.8 Å². The Morgan fingerprint density at radius 1 is 1.30 bits per heavy atom. The van der Waals surface area contributed by atoms with Crippen LogP contribution in [0.2, 0.25) is 0 Å². The molecule has 3 aromatic rings. The maximum absolute atomic E-state index is 5.38. The number of nitrogens with one attached hydrogen (secondary N) is 1. The van der Waals surface area contributed by atoms with Crippen LogP contribution in [-0.4, -0.2) is 28.7 Å². The van der Waals surface area contributed by atoms with Crippen LogP contribution in [0.15, 0.2) is 39.7 Å². The highest BCUT2D eigenvalue weighted by molar-refractivity contribution is 7.07. The summed E-state index contributed by atoms with van der Waals surface area (Å²) in [4.78, 5) is 8.63. The van der Waals surface area contributed by atoms with Crippen molar-refractivity contribution in [3.63, 3.8) is 0 Å². The molecule has 0 saturated carbocycles. The Morgan fingerprint density at radius 3 is 3.00 bits per heavy atom. The van der Waals surface area contributed by atoms with Crippen LogP contribution in [0.25, 0.3) is 23.0 Å². The fraction of sp³-hybridized carbons (Fsp3) is 0.214. The lowest BCUT2D eigenvalue weighted by Crippen LogP contribution is -2.10. The third kappa shape index (κ3) is 2.61. The molecule has 0 unspecified atom stereocenters. The van der Waals surface area contributed by atoms with Crippen molar-refractivity contribution in [2.75, 3.05) is 13.6 Å². The number of thiazole rings is 1. The van der Waals surface area contributed by atoms with Crippen LogP contribution in [0.4, 0.5) is 0 Å². The fourth-order valence-electron chi connectivity index (χ4n) is 1.97. The zero-order valence-corrected chi connectivity index (χ0v) is 11.9. The number of likely N-dealkylation sites (N-methyl/N-ethyl adjacent to an activating group) is 1. The predicted octanol–water partition coefficient (Wildman–Crippen LogP) is 2.62. The molecule has 0 amide bonds. The molecule has 1 aromatic carbocycles. The van der Waals surface area contributed by atoms with E-state index in [1.807, 2.05) is 30.6 Å². The van der Waals surface area contributed by atoms with E-state index in [1.54, 1.807) is 5.51 Å². The summed E-state index contributed by atoms with van der Waals surface area (Å²) >= 11 is 1.51. The van der Waals surface area contributed by atoms with Gasteiger partial charge in [-0.25, -0.2) is 4.98 Å². The molecule has 0 radical (unpaired) electrons. The highest BCUT2D eigenvalue weighted by Crippen LogP contribution is 2.25. The van der Waals surface area contributed by atoms with Gasteiger partial charge in [0.25, 0.3) is 5.89 Å². The molecule has 5 nitrogen and oxygen atoms in total. The largest absolute Gasteiger partial charge is 0.334 e. The van der Waals surface area contributed by atoms with Gasteiger partial charge in [-0.1, -0.05) is 23.4 Å². The lowest BCUT2D eigenvalue weighted by molar-refractivity contribution is 0.431. The molecule has 0 saturated heterocycles. The molecular weight excluding hydrogens is 272 g/mol. The highest BCUT2D eigenvalue weighted by atomic mass is 32.1. The van der Waals surface area contributed by atoms with Crippen molar-refractivity contribution in [3.05, 3.63) is 40.7 Å². The molecule has 1 N–H and O–H groups in total. The zero-order chi connectivity index (χ0) is 13.8. The van der Waals surface area contributed by atoms with E-state index in [1.165, 1.54) is 16.9 Å². The number of hydrogen-bond donors (Lipinski definition) is 1. The Balaban J connectivity index is 1.93. The van der Waals surface area contributed by atoms with Gasteiger partial charge in [-0.05, 0) is 31.6 Å². The minimum absolute atomic E-state index is 0.532. The fourth-order valence-corrected chi connectivity index (χ4v) is 2.50. The normalized spacial score (nSPS) is 10.8. The van der Waals surface area contributed by atoms with Crippen molar-refractivity contribution < 1.29 is 4.52 Å². The first-order valence-corrected chi connectivity index (χ1v) is 7.28. The molecule has 6 heteroatoms. The molecule has 0 aliphatic heterocycles. The maximum atomic E-state index is 5.38. The molecule has 102 valence electrons. The first kappa shape index (κ1) is 13.0.